The van der Waals surface area contributed by atoms with E-state index >= 15 is 0 Å². The average molecular weight is 413 g/mol. The second-order valence-electron chi connectivity index (χ2n) is 7.85. The maximum Gasteiger partial charge on any atom is 0.151 e. The van der Waals surface area contributed by atoms with Crippen LogP contribution in [0.3, 0.4) is 0 Å². The molecule has 5 rings (SSSR count). The molecule has 2 unspecified atom stereocenters. The van der Waals surface area contributed by atoms with Crippen molar-refractivity contribution in [1.82, 2.24) is 30.5 Å². The third-order valence-electron chi connectivity index (χ3n) is 6.07. The third kappa shape index (κ3) is 3.17. The third-order valence-corrected chi connectivity index (χ3v) is 6.07. The Kier molecular flexibility index (Phi) is 4.58. The number of phenolic OH excluding ortho intramolecular Hbond substituents is 1. The SMILES string of the molecule is CN(c1ccc(-c2cc(F)c(-n3ccnn3)cc2O)nn1)[C@H]1CC2CCC(N2)[C@H]1F. The van der Waals surface area contributed by atoms with E-state index in [1.807, 2.05) is 11.9 Å². The van der Waals surface area contributed by atoms with Crippen molar-refractivity contribution in [2.75, 3.05) is 11.9 Å². The van der Waals surface area contributed by atoms with Gasteiger partial charge in [0.25, 0.3) is 0 Å². The highest BCUT2D eigenvalue weighted by Gasteiger charge is 2.43. The van der Waals surface area contributed by atoms with Gasteiger partial charge in [0.2, 0.25) is 0 Å². The standard InChI is InChI=1S/C20H21F2N7O/c1-28(17-8-11-2-3-15(24-11)20(17)22)19-5-4-14(25-26-19)12-9-13(21)16(10-18(12)30)29-7-6-23-27-29/h4-7,9-11,15,17,20,24,30H,2-3,8H2,1H3/t11?,15?,17-,20+/m0/s1. The molecule has 8 nitrogen and oxygen atoms in total. The van der Waals surface area contributed by atoms with E-state index in [0.29, 0.717) is 24.0 Å². The van der Waals surface area contributed by atoms with Crippen molar-refractivity contribution >= 4 is 5.82 Å². The minimum absolute atomic E-state index is 0.0765. The molecule has 4 atom stereocenters. The van der Waals surface area contributed by atoms with Crippen LogP contribution in [0, 0.1) is 5.82 Å². The van der Waals surface area contributed by atoms with Crippen molar-refractivity contribution in [3.05, 3.63) is 42.5 Å². The highest BCUT2D eigenvalue weighted by Crippen LogP contribution is 2.34. The van der Waals surface area contributed by atoms with Crippen LogP contribution in [0.5, 0.6) is 5.75 Å². The van der Waals surface area contributed by atoms with Crippen LogP contribution in [-0.4, -0.2) is 61.6 Å². The molecule has 156 valence electrons. The number of hydrogen-bond acceptors (Lipinski definition) is 7. The molecule has 4 heterocycles. The fraction of sp³-hybridized carbons (Fsp3) is 0.400. The molecule has 2 aromatic heterocycles. The van der Waals surface area contributed by atoms with Crippen LogP contribution in [0.4, 0.5) is 14.6 Å². The zero-order valence-corrected chi connectivity index (χ0v) is 16.3. The van der Waals surface area contributed by atoms with Crippen LogP contribution < -0.4 is 10.2 Å². The molecular weight excluding hydrogens is 392 g/mol. The quantitative estimate of drug-likeness (QED) is 0.678. The van der Waals surface area contributed by atoms with Gasteiger partial charge in [0.1, 0.15) is 23.4 Å². The lowest BCUT2D eigenvalue weighted by atomic mass is 9.96. The normalized spacial score (nSPS) is 25.4. The largest absolute Gasteiger partial charge is 0.507 e. The summed E-state index contributed by atoms with van der Waals surface area (Å²) < 4.78 is 30.6. The number of hydrogen-bond donors (Lipinski definition) is 2. The number of nitrogens with one attached hydrogen (secondary N) is 1. The fourth-order valence-electron chi connectivity index (χ4n) is 4.44. The summed E-state index contributed by atoms with van der Waals surface area (Å²) in [5.41, 5.74) is 0.602. The molecule has 30 heavy (non-hydrogen) atoms. The zero-order valence-electron chi connectivity index (χ0n) is 16.3. The summed E-state index contributed by atoms with van der Waals surface area (Å²) in [6.45, 7) is 0. The van der Waals surface area contributed by atoms with Gasteiger partial charge in [-0.3, -0.25) is 0 Å². The second kappa shape index (κ2) is 7.28. The van der Waals surface area contributed by atoms with Crippen molar-refractivity contribution < 1.29 is 13.9 Å². The molecule has 0 spiro atoms. The number of benzene rings is 1. The molecule has 2 fully saturated rings. The Balaban J connectivity index is 1.39. The van der Waals surface area contributed by atoms with Crippen molar-refractivity contribution in [1.29, 1.82) is 0 Å². The Morgan fingerprint density at radius 1 is 1.23 bits per heavy atom. The number of fused-ring (bicyclic) bond motifs is 2. The molecule has 0 aliphatic carbocycles. The molecule has 2 aliphatic rings. The molecule has 2 aliphatic heterocycles. The van der Waals surface area contributed by atoms with E-state index in [4.69, 9.17) is 0 Å². The van der Waals surface area contributed by atoms with Crippen LogP contribution in [0.25, 0.3) is 16.9 Å². The number of anilines is 1. The Morgan fingerprint density at radius 2 is 2.10 bits per heavy atom. The molecule has 2 saturated heterocycles. The molecule has 0 radical (unpaired) electrons. The van der Waals surface area contributed by atoms with Gasteiger partial charge in [0.05, 0.1) is 24.1 Å². The van der Waals surface area contributed by atoms with Gasteiger partial charge in [0.15, 0.2) is 5.82 Å². The van der Waals surface area contributed by atoms with E-state index in [0.717, 1.165) is 12.8 Å². The van der Waals surface area contributed by atoms with Crippen molar-refractivity contribution in [3.63, 3.8) is 0 Å². The van der Waals surface area contributed by atoms with E-state index in [-0.39, 0.29) is 29.1 Å². The lowest BCUT2D eigenvalue weighted by molar-refractivity contribution is 0.176. The highest BCUT2D eigenvalue weighted by molar-refractivity contribution is 5.69. The van der Waals surface area contributed by atoms with Crippen LogP contribution in [-0.2, 0) is 0 Å². The van der Waals surface area contributed by atoms with Crippen molar-refractivity contribution in [3.8, 4) is 22.7 Å². The Morgan fingerprint density at radius 3 is 2.83 bits per heavy atom. The number of piperidine rings is 1. The number of nitrogens with zero attached hydrogens (tertiary/aromatic N) is 6. The smallest absolute Gasteiger partial charge is 0.151 e. The van der Waals surface area contributed by atoms with Gasteiger partial charge >= 0.3 is 0 Å². The first kappa shape index (κ1) is 18.9. The summed E-state index contributed by atoms with van der Waals surface area (Å²) in [5.74, 6) is -0.204. The number of aromatic hydroxyl groups is 1. The second-order valence-corrected chi connectivity index (χ2v) is 7.85. The molecule has 0 amide bonds. The summed E-state index contributed by atoms with van der Waals surface area (Å²) in [6, 6.07) is 5.77. The van der Waals surface area contributed by atoms with Crippen LogP contribution in [0.15, 0.2) is 36.7 Å². The van der Waals surface area contributed by atoms with E-state index in [2.05, 4.69) is 25.8 Å². The van der Waals surface area contributed by atoms with Gasteiger partial charge in [-0.15, -0.1) is 15.3 Å². The van der Waals surface area contributed by atoms with Crippen molar-refractivity contribution in [2.24, 2.45) is 0 Å². The predicted molar refractivity (Wildman–Crippen MR) is 106 cm³/mol. The number of rotatable bonds is 4. The van der Waals surface area contributed by atoms with Gasteiger partial charge in [-0.05, 0) is 37.5 Å². The Hall–Kier alpha value is -3.14. The van der Waals surface area contributed by atoms with Gasteiger partial charge in [-0.1, -0.05) is 5.21 Å². The predicted octanol–water partition coefficient (Wildman–Crippen LogP) is 2.24. The number of alkyl halides is 1. The first-order valence-corrected chi connectivity index (χ1v) is 9.87. The summed E-state index contributed by atoms with van der Waals surface area (Å²) in [4.78, 5) is 1.82. The van der Waals surface area contributed by atoms with E-state index in [9.17, 15) is 13.9 Å². The maximum atomic E-state index is 14.8. The lowest BCUT2D eigenvalue weighted by Gasteiger charge is -2.38. The summed E-state index contributed by atoms with van der Waals surface area (Å²) in [7, 11) is 1.82. The first-order chi connectivity index (χ1) is 14.5. The Labute approximate surface area is 171 Å². The first-order valence-electron chi connectivity index (χ1n) is 9.87. The minimum atomic E-state index is -0.974. The number of phenols is 1. The van der Waals surface area contributed by atoms with Gasteiger partial charge in [-0.25, -0.2) is 13.5 Å². The molecule has 0 saturated carbocycles. The van der Waals surface area contributed by atoms with Crippen LogP contribution in [0.1, 0.15) is 19.3 Å². The summed E-state index contributed by atoms with van der Waals surface area (Å²) >= 11 is 0. The molecule has 3 aromatic rings. The van der Waals surface area contributed by atoms with E-state index in [1.165, 1.54) is 29.2 Å². The number of halogens is 2. The van der Waals surface area contributed by atoms with Crippen LogP contribution >= 0.6 is 0 Å². The number of aromatic nitrogens is 5. The van der Waals surface area contributed by atoms with E-state index < -0.39 is 12.0 Å². The zero-order chi connectivity index (χ0) is 20.8. The molecular formula is C20H21F2N7O. The van der Waals surface area contributed by atoms with Crippen LogP contribution in [0.2, 0.25) is 0 Å². The lowest BCUT2D eigenvalue weighted by Crippen LogP contribution is -2.55. The van der Waals surface area contributed by atoms with Gasteiger partial charge in [-0.2, -0.15) is 0 Å². The Bertz CT molecular complexity index is 1040. The molecule has 10 heteroatoms. The molecule has 2 bridgehead atoms. The molecule has 1 aromatic carbocycles. The highest BCUT2D eigenvalue weighted by atomic mass is 19.1. The molecule has 2 N–H and O–H groups in total. The van der Waals surface area contributed by atoms with Gasteiger partial charge < -0.3 is 15.3 Å². The van der Waals surface area contributed by atoms with E-state index in [1.54, 1.807) is 12.1 Å². The topological polar surface area (TPSA) is 92.0 Å². The maximum absolute atomic E-state index is 14.8. The van der Waals surface area contributed by atoms with Gasteiger partial charge in [0, 0.05) is 30.8 Å². The summed E-state index contributed by atoms with van der Waals surface area (Å²) in [6.07, 6.45) is 4.49. The summed E-state index contributed by atoms with van der Waals surface area (Å²) in [5, 5.41) is 29.4. The minimum Gasteiger partial charge on any atom is -0.507 e. The monoisotopic (exact) mass is 413 g/mol. The fourth-order valence-corrected chi connectivity index (χ4v) is 4.44. The van der Waals surface area contributed by atoms with Crippen molar-refractivity contribution in [2.45, 2.75) is 43.6 Å². The average Bonchev–Trinajstić information content (AvgIpc) is 3.42.